The zero-order valence-corrected chi connectivity index (χ0v) is 19.8. The molecule has 176 valence electrons. The lowest BCUT2D eigenvalue weighted by molar-refractivity contribution is -0.139. The number of aryl methyl sites for hydroxylation is 1. The number of hydrogen-bond donors (Lipinski definition) is 1. The van der Waals surface area contributed by atoms with Gasteiger partial charge in [-0.2, -0.15) is 0 Å². The van der Waals surface area contributed by atoms with Crippen LogP contribution in [0.15, 0.2) is 60.2 Å². The highest BCUT2D eigenvalue weighted by atomic mass is 16.5. The average Bonchev–Trinajstić information content (AvgIpc) is 2.79. The third kappa shape index (κ3) is 9.77. The Labute approximate surface area is 196 Å². The molecule has 5 heteroatoms. The van der Waals surface area contributed by atoms with Crippen LogP contribution in [0.2, 0.25) is 0 Å². The Bertz CT molecular complexity index is 966. The molecular formula is C28H34O5. The van der Waals surface area contributed by atoms with E-state index in [0.717, 1.165) is 17.6 Å². The van der Waals surface area contributed by atoms with E-state index in [-0.39, 0.29) is 17.1 Å². The molecule has 2 aromatic rings. The van der Waals surface area contributed by atoms with E-state index in [1.165, 1.54) is 37.3 Å². The van der Waals surface area contributed by atoms with Crippen LogP contribution in [0, 0.1) is 0 Å². The quantitative estimate of drug-likeness (QED) is 0.154. The number of carboxylic acids is 1. The van der Waals surface area contributed by atoms with Gasteiger partial charge in [0.05, 0.1) is 5.56 Å². The van der Waals surface area contributed by atoms with Gasteiger partial charge in [0.25, 0.3) is 0 Å². The standard InChI is InChI=1S/C28H34O5/c1-4-5-6-7-8-22-9-11-23(12-10-22)13-16-26(29)25-15-14-24(32-18-17-21(2)3)19-27(25)33-20-28(30)31/h9-17,19H,4-8,18,20H2,1-3H3,(H,30,31)/b16-13+. The molecule has 0 aliphatic carbocycles. The van der Waals surface area contributed by atoms with Crippen molar-refractivity contribution in [1.29, 1.82) is 0 Å². The Hall–Kier alpha value is -3.34. The molecule has 2 aromatic carbocycles. The van der Waals surface area contributed by atoms with Gasteiger partial charge in [0.1, 0.15) is 18.1 Å². The minimum atomic E-state index is -1.12. The summed E-state index contributed by atoms with van der Waals surface area (Å²) in [5, 5.41) is 8.97. The number of carbonyl (C=O) groups excluding carboxylic acids is 1. The van der Waals surface area contributed by atoms with E-state index in [1.54, 1.807) is 24.3 Å². The molecule has 0 fully saturated rings. The van der Waals surface area contributed by atoms with Crippen LogP contribution in [-0.2, 0) is 11.2 Å². The van der Waals surface area contributed by atoms with E-state index in [4.69, 9.17) is 14.6 Å². The molecule has 0 saturated carbocycles. The first-order valence-corrected chi connectivity index (χ1v) is 11.4. The third-order valence-electron chi connectivity index (χ3n) is 5.04. The molecule has 0 aliphatic rings. The summed E-state index contributed by atoms with van der Waals surface area (Å²) < 4.78 is 11.0. The Balaban J connectivity index is 2.08. The Morgan fingerprint density at radius 2 is 1.73 bits per heavy atom. The Kier molecular flexibility index (Phi) is 10.9. The number of ether oxygens (including phenoxy) is 2. The first-order chi connectivity index (χ1) is 15.9. The topological polar surface area (TPSA) is 72.8 Å². The maximum Gasteiger partial charge on any atom is 0.341 e. The monoisotopic (exact) mass is 450 g/mol. The molecule has 0 aromatic heterocycles. The van der Waals surface area contributed by atoms with Crippen LogP contribution in [0.4, 0.5) is 0 Å². The van der Waals surface area contributed by atoms with Crippen LogP contribution in [-0.4, -0.2) is 30.1 Å². The molecule has 0 heterocycles. The number of benzene rings is 2. The summed E-state index contributed by atoms with van der Waals surface area (Å²) in [4.78, 5) is 23.8. The van der Waals surface area contributed by atoms with Crippen LogP contribution < -0.4 is 9.47 Å². The van der Waals surface area contributed by atoms with Crippen LogP contribution >= 0.6 is 0 Å². The maximum absolute atomic E-state index is 12.8. The van der Waals surface area contributed by atoms with E-state index in [2.05, 4.69) is 19.1 Å². The second kappa shape index (κ2) is 13.9. The largest absolute Gasteiger partial charge is 0.489 e. The molecule has 0 radical (unpaired) electrons. The summed E-state index contributed by atoms with van der Waals surface area (Å²) in [6.45, 7) is 5.99. The normalized spacial score (nSPS) is 10.8. The Morgan fingerprint density at radius 1 is 0.970 bits per heavy atom. The molecule has 0 spiro atoms. The number of aliphatic carboxylic acids is 1. The lowest BCUT2D eigenvalue weighted by Gasteiger charge is -2.11. The molecule has 0 aliphatic heterocycles. The lowest BCUT2D eigenvalue weighted by Crippen LogP contribution is -2.12. The van der Waals surface area contributed by atoms with Crippen molar-refractivity contribution in [3.8, 4) is 11.5 Å². The van der Waals surface area contributed by atoms with E-state index in [0.29, 0.717) is 12.4 Å². The first kappa shape index (κ1) is 25.9. The fraction of sp³-hybridized carbons (Fsp3) is 0.357. The fourth-order valence-corrected chi connectivity index (χ4v) is 3.17. The molecular weight excluding hydrogens is 416 g/mol. The van der Waals surface area contributed by atoms with Crippen molar-refractivity contribution in [2.45, 2.75) is 52.9 Å². The number of allylic oxidation sites excluding steroid dienone is 2. The van der Waals surface area contributed by atoms with Gasteiger partial charge in [-0.15, -0.1) is 0 Å². The summed E-state index contributed by atoms with van der Waals surface area (Å²) >= 11 is 0. The first-order valence-electron chi connectivity index (χ1n) is 11.4. The molecule has 33 heavy (non-hydrogen) atoms. The van der Waals surface area contributed by atoms with Gasteiger partial charge >= 0.3 is 5.97 Å². The van der Waals surface area contributed by atoms with Crippen LogP contribution in [0.25, 0.3) is 6.08 Å². The minimum absolute atomic E-state index is 0.184. The molecule has 0 bridgehead atoms. The number of rotatable bonds is 14. The van der Waals surface area contributed by atoms with Crippen LogP contribution in [0.5, 0.6) is 11.5 Å². The van der Waals surface area contributed by atoms with Gasteiger partial charge in [0.15, 0.2) is 12.4 Å². The predicted octanol–water partition coefficient (Wildman–Crippen LogP) is 6.51. The predicted molar refractivity (Wildman–Crippen MR) is 132 cm³/mol. The van der Waals surface area contributed by atoms with Gasteiger partial charge < -0.3 is 14.6 Å². The van der Waals surface area contributed by atoms with Crippen molar-refractivity contribution in [2.75, 3.05) is 13.2 Å². The van der Waals surface area contributed by atoms with Crippen molar-refractivity contribution in [3.05, 3.63) is 76.9 Å². The number of carbonyl (C=O) groups is 2. The van der Waals surface area contributed by atoms with Crippen LogP contribution in [0.3, 0.4) is 0 Å². The van der Waals surface area contributed by atoms with E-state index < -0.39 is 12.6 Å². The van der Waals surface area contributed by atoms with Crippen molar-refractivity contribution >= 4 is 17.8 Å². The van der Waals surface area contributed by atoms with E-state index in [1.807, 2.05) is 32.1 Å². The zero-order valence-electron chi connectivity index (χ0n) is 19.8. The highest BCUT2D eigenvalue weighted by Crippen LogP contribution is 2.26. The van der Waals surface area contributed by atoms with E-state index in [9.17, 15) is 9.59 Å². The summed E-state index contributed by atoms with van der Waals surface area (Å²) in [5.74, 6) is -0.698. The number of carboxylic acid groups (broad SMARTS) is 1. The van der Waals surface area contributed by atoms with Gasteiger partial charge in [0.2, 0.25) is 0 Å². The van der Waals surface area contributed by atoms with E-state index >= 15 is 0 Å². The van der Waals surface area contributed by atoms with Gasteiger partial charge in [-0.05, 0) is 62.1 Å². The molecule has 0 amide bonds. The summed E-state index contributed by atoms with van der Waals surface area (Å²) in [6.07, 6.45) is 11.2. The van der Waals surface area contributed by atoms with Gasteiger partial charge in [0, 0.05) is 6.07 Å². The zero-order chi connectivity index (χ0) is 24.1. The molecule has 0 saturated heterocycles. The summed E-state index contributed by atoms with van der Waals surface area (Å²) in [5.41, 5.74) is 3.63. The number of ketones is 1. The van der Waals surface area contributed by atoms with Crippen molar-refractivity contribution in [2.24, 2.45) is 0 Å². The SMILES string of the molecule is CCCCCCc1ccc(/C=C/C(=O)c2ccc(OCC=C(C)C)cc2OCC(=O)O)cc1. The lowest BCUT2D eigenvalue weighted by atomic mass is 10.0. The molecule has 0 atom stereocenters. The second-order valence-electron chi connectivity index (χ2n) is 8.18. The number of hydrogen-bond acceptors (Lipinski definition) is 4. The van der Waals surface area contributed by atoms with Gasteiger partial charge in [-0.3, -0.25) is 4.79 Å². The molecule has 5 nitrogen and oxygen atoms in total. The van der Waals surface area contributed by atoms with Crippen molar-refractivity contribution in [1.82, 2.24) is 0 Å². The second-order valence-corrected chi connectivity index (χ2v) is 8.18. The third-order valence-corrected chi connectivity index (χ3v) is 5.04. The summed E-state index contributed by atoms with van der Waals surface area (Å²) in [7, 11) is 0. The smallest absolute Gasteiger partial charge is 0.341 e. The van der Waals surface area contributed by atoms with Crippen molar-refractivity contribution < 1.29 is 24.2 Å². The van der Waals surface area contributed by atoms with Gasteiger partial charge in [-0.1, -0.05) is 62.1 Å². The van der Waals surface area contributed by atoms with Gasteiger partial charge in [-0.25, -0.2) is 4.79 Å². The molecule has 2 rings (SSSR count). The minimum Gasteiger partial charge on any atom is -0.489 e. The number of unbranched alkanes of at least 4 members (excludes halogenated alkanes) is 3. The highest BCUT2D eigenvalue weighted by Gasteiger charge is 2.13. The van der Waals surface area contributed by atoms with Crippen molar-refractivity contribution in [3.63, 3.8) is 0 Å². The fourth-order valence-electron chi connectivity index (χ4n) is 3.17. The average molecular weight is 451 g/mol. The maximum atomic E-state index is 12.8. The molecule has 1 N–H and O–H groups in total. The molecule has 0 unspecified atom stereocenters. The summed E-state index contributed by atoms with van der Waals surface area (Å²) in [6, 6.07) is 13.0. The highest BCUT2D eigenvalue weighted by molar-refractivity contribution is 6.08. The van der Waals surface area contributed by atoms with Crippen LogP contribution in [0.1, 0.15) is 67.9 Å². The Morgan fingerprint density at radius 3 is 2.39 bits per heavy atom.